The van der Waals surface area contributed by atoms with E-state index in [9.17, 15) is 0 Å². The summed E-state index contributed by atoms with van der Waals surface area (Å²) in [5, 5.41) is 7.07. The smallest absolute Gasteiger partial charge is 0.134 e. The topological polar surface area (TPSA) is 12.0 Å². The number of rotatable bonds is 4. The van der Waals surface area contributed by atoms with Gasteiger partial charge in [0.15, 0.2) is 0 Å². The van der Waals surface area contributed by atoms with Crippen molar-refractivity contribution in [3.63, 3.8) is 0 Å². The van der Waals surface area contributed by atoms with Gasteiger partial charge in [-0.3, -0.25) is 0 Å². The quantitative estimate of drug-likeness (QED) is 0.855. The van der Waals surface area contributed by atoms with Gasteiger partial charge in [0.05, 0.1) is 0 Å². The molecule has 1 nitrogen and oxygen atoms in total. The Hall–Kier alpha value is -1.38. The normalized spacial score (nSPS) is 21.1. The number of hydrogen-bond acceptors (Lipinski definition) is 1. The number of nitrogens with one attached hydrogen (secondary N) is 1. The first-order valence-electron chi connectivity index (χ1n) is 8.22. The van der Waals surface area contributed by atoms with E-state index in [0.29, 0.717) is 5.67 Å². The highest BCUT2D eigenvalue weighted by atomic mass is 28.3. The third-order valence-corrected chi connectivity index (χ3v) is 10.4. The molecule has 0 aromatic heterocycles. The molecule has 1 N–H and O–H groups in total. The Morgan fingerprint density at radius 2 is 1.52 bits per heavy atom. The lowest BCUT2D eigenvalue weighted by Gasteiger charge is -2.44. The molecule has 3 rings (SSSR count). The summed E-state index contributed by atoms with van der Waals surface area (Å²) in [6.07, 6.45) is 3.85. The minimum atomic E-state index is -1.70. The molecule has 21 heavy (non-hydrogen) atoms. The number of benzene rings is 2. The number of hydrogen-bond donors (Lipinski definition) is 1. The van der Waals surface area contributed by atoms with Gasteiger partial charge in [-0.15, -0.1) is 0 Å². The van der Waals surface area contributed by atoms with E-state index >= 15 is 0 Å². The molecule has 1 saturated heterocycles. The van der Waals surface area contributed by atoms with Gasteiger partial charge in [-0.25, -0.2) is 0 Å². The largest absolute Gasteiger partial charge is 0.316 e. The van der Waals surface area contributed by atoms with Crippen molar-refractivity contribution < 1.29 is 0 Å². The SMILES string of the molecule is CCC[C@@H]1NCCC[Si]1(c1ccccc1)c1ccccc1. The first-order valence-corrected chi connectivity index (χ1v) is 10.5. The summed E-state index contributed by atoms with van der Waals surface area (Å²) in [5.74, 6) is 0. The first kappa shape index (κ1) is 14.5. The van der Waals surface area contributed by atoms with E-state index < -0.39 is 8.07 Å². The highest BCUT2D eigenvalue weighted by molar-refractivity contribution is 7.03. The minimum absolute atomic E-state index is 0.668. The van der Waals surface area contributed by atoms with Crippen LogP contribution in [-0.4, -0.2) is 20.3 Å². The van der Waals surface area contributed by atoms with Gasteiger partial charge in [-0.1, -0.05) is 84.4 Å². The summed E-state index contributed by atoms with van der Waals surface area (Å²) in [4.78, 5) is 0. The molecule has 1 aliphatic heterocycles. The molecule has 0 bridgehead atoms. The molecule has 2 aromatic carbocycles. The van der Waals surface area contributed by atoms with E-state index in [0.717, 1.165) is 0 Å². The van der Waals surface area contributed by atoms with Gasteiger partial charge in [-0.2, -0.15) is 0 Å². The van der Waals surface area contributed by atoms with Crippen LogP contribution in [0.15, 0.2) is 60.7 Å². The lowest BCUT2D eigenvalue weighted by molar-refractivity contribution is 0.544. The molecule has 2 aromatic rings. The van der Waals surface area contributed by atoms with E-state index in [1.54, 1.807) is 10.4 Å². The van der Waals surface area contributed by atoms with Crippen molar-refractivity contribution in [1.29, 1.82) is 0 Å². The zero-order chi connectivity index (χ0) is 14.5. The molecule has 0 radical (unpaired) electrons. The molecule has 1 aliphatic rings. The van der Waals surface area contributed by atoms with Gasteiger partial charge >= 0.3 is 0 Å². The average Bonchev–Trinajstić information content (AvgIpc) is 2.57. The van der Waals surface area contributed by atoms with Gasteiger partial charge in [0.2, 0.25) is 0 Å². The standard InChI is InChI=1S/C19H25NSi/c1-2-10-19-20-15-9-16-21(19,17-11-5-3-6-12-17)18-13-7-4-8-14-18/h3-8,11-14,19-20H,2,9-10,15-16H2,1H3/t19-/m1/s1. The van der Waals surface area contributed by atoms with Crippen LogP contribution in [0.25, 0.3) is 0 Å². The maximum absolute atomic E-state index is 3.87. The second kappa shape index (κ2) is 6.59. The zero-order valence-electron chi connectivity index (χ0n) is 12.9. The van der Waals surface area contributed by atoms with Crippen molar-refractivity contribution >= 4 is 18.4 Å². The van der Waals surface area contributed by atoms with Crippen molar-refractivity contribution in [2.24, 2.45) is 0 Å². The van der Waals surface area contributed by atoms with E-state index in [2.05, 4.69) is 72.9 Å². The monoisotopic (exact) mass is 295 g/mol. The van der Waals surface area contributed by atoms with Gasteiger partial charge in [-0.05, 0) is 25.4 Å². The third-order valence-electron chi connectivity index (χ3n) is 4.89. The Balaban J connectivity index is 2.14. The highest BCUT2D eigenvalue weighted by Crippen LogP contribution is 2.24. The molecule has 1 heterocycles. The maximum Gasteiger partial charge on any atom is 0.134 e. The summed E-state index contributed by atoms with van der Waals surface area (Å²) in [6.45, 7) is 3.49. The lowest BCUT2D eigenvalue weighted by Crippen LogP contribution is -2.72. The lowest BCUT2D eigenvalue weighted by atomic mass is 10.3. The average molecular weight is 296 g/mol. The summed E-state index contributed by atoms with van der Waals surface area (Å²) >= 11 is 0. The van der Waals surface area contributed by atoms with E-state index in [-0.39, 0.29) is 0 Å². The minimum Gasteiger partial charge on any atom is -0.316 e. The maximum atomic E-state index is 3.87. The summed E-state index contributed by atoms with van der Waals surface area (Å²) < 4.78 is 0. The van der Waals surface area contributed by atoms with Crippen LogP contribution in [-0.2, 0) is 0 Å². The van der Waals surface area contributed by atoms with Crippen LogP contribution in [0.2, 0.25) is 6.04 Å². The van der Waals surface area contributed by atoms with Crippen molar-refractivity contribution in [3.05, 3.63) is 60.7 Å². The fourth-order valence-electron chi connectivity index (χ4n) is 3.96. The predicted molar refractivity (Wildman–Crippen MR) is 94.0 cm³/mol. The Bertz CT molecular complexity index is 511. The Morgan fingerprint density at radius 1 is 0.952 bits per heavy atom. The van der Waals surface area contributed by atoms with Crippen LogP contribution in [0, 0.1) is 0 Å². The molecule has 0 unspecified atom stereocenters. The molecule has 0 aliphatic carbocycles. The van der Waals surface area contributed by atoms with Gasteiger partial charge in [0.1, 0.15) is 8.07 Å². The second-order valence-electron chi connectivity index (χ2n) is 6.10. The first-order chi connectivity index (χ1) is 10.4. The fraction of sp³-hybridized carbons (Fsp3) is 0.368. The molecule has 0 spiro atoms. The second-order valence-corrected chi connectivity index (χ2v) is 10.4. The Kier molecular flexibility index (Phi) is 4.56. The van der Waals surface area contributed by atoms with E-state index in [4.69, 9.17) is 0 Å². The summed E-state index contributed by atoms with van der Waals surface area (Å²) in [5.41, 5.74) is 0.668. The van der Waals surface area contributed by atoms with Crippen LogP contribution >= 0.6 is 0 Å². The van der Waals surface area contributed by atoms with Gasteiger partial charge in [0, 0.05) is 5.67 Å². The zero-order valence-corrected chi connectivity index (χ0v) is 13.9. The van der Waals surface area contributed by atoms with Crippen LogP contribution < -0.4 is 15.7 Å². The van der Waals surface area contributed by atoms with Crippen molar-refractivity contribution in [2.75, 3.05) is 6.54 Å². The van der Waals surface area contributed by atoms with Crippen molar-refractivity contribution in [1.82, 2.24) is 5.32 Å². The molecule has 0 saturated carbocycles. The van der Waals surface area contributed by atoms with Crippen molar-refractivity contribution in [3.8, 4) is 0 Å². The Labute approximate surface area is 129 Å². The molecule has 110 valence electrons. The molecular weight excluding hydrogens is 270 g/mol. The fourth-order valence-corrected chi connectivity index (χ4v) is 9.61. The van der Waals surface area contributed by atoms with Crippen LogP contribution in [0.5, 0.6) is 0 Å². The summed E-state index contributed by atoms with van der Waals surface area (Å²) in [6, 6.07) is 24.0. The van der Waals surface area contributed by atoms with E-state index in [1.165, 1.54) is 31.9 Å². The molecule has 1 fully saturated rings. The van der Waals surface area contributed by atoms with Crippen LogP contribution in [0.1, 0.15) is 26.2 Å². The Morgan fingerprint density at radius 3 is 2.05 bits per heavy atom. The van der Waals surface area contributed by atoms with Gasteiger partial charge in [0.25, 0.3) is 0 Å². The third kappa shape index (κ3) is 2.70. The molecule has 2 heteroatoms. The highest BCUT2D eigenvalue weighted by Gasteiger charge is 2.45. The molecule has 0 amide bonds. The predicted octanol–water partition coefficient (Wildman–Crippen LogP) is 2.95. The molecular formula is C19H25NSi. The molecule has 1 atom stereocenters. The van der Waals surface area contributed by atoms with Crippen LogP contribution in [0.3, 0.4) is 0 Å². The van der Waals surface area contributed by atoms with Crippen molar-refractivity contribution in [2.45, 2.75) is 37.9 Å². The van der Waals surface area contributed by atoms with E-state index in [1.807, 2.05) is 0 Å². The van der Waals surface area contributed by atoms with Crippen LogP contribution in [0.4, 0.5) is 0 Å². The van der Waals surface area contributed by atoms with Gasteiger partial charge < -0.3 is 5.32 Å². The summed E-state index contributed by atoms with van der Waals surface area (Å²) in [7, 11) is -1.70.